The number of anilines is 3. The highest BCUT2D eigenvalue weighted by atomic mass is 32.2. The lowest BCUT2D eigenvalue weighted by molar-refractivity contribution is 0.262. The zero-order chi connectivity index (χ0) is 25.0. The molecule has 0 radical (unpaired) electrons. The van der Waals surface area contributed by atoms with Crippen molar-refractivity contribution in [2.75, 3.05) is 22.5 Å². The van der Waals surface area contributed by atoms with Gasteiger partial charge in [-0.3, -0.25) is 10.0 Å². The second-order valence-corrected chi connectivity index (χ2v) is 9.51. The Bertz CT molecular complexity index is 1460. The number of imidazole rings is 1. The Morgan fingerprint density at radius 2 is 1.97 bits per heavy atom. The maximum atomic E-state index is 14.4. The minimum absolute atomic E-state index is 0.0310. The lowest BCUT2D eigenvalue weighted by atomic mass is 10.2. The highest BCUT2D eigenvalue weighted by Crippen LogP contribution is 2.38. The van der Waals surface area contributed by atoms with Crippen LogP contribution in [0, 0.1) is 5.82 Å². The summed E-state index contributed by atoms with van der Waals surface area (Å²) in [5.74, 6) is -0.741. The molecule has 2 aromatic carbocycles. The molecule has 14 heteroatoms. The minimum Gasteiger partial charge on any atom is -0.493 e. The Kier molecular flexibility index (Phi) is 6.84. The molecule has 2 amide bonds. The summed E-state index contributed by atoms with van der Waals surface area (Å²) in [5.41, 5.74) is 0.152. The number of benzene rings is 2. The number of hydrogen-bond acceptors (Lipinski definition) is 8. The van der Waals surface area contributed by atoms with E-state index in [1.54, 1.807) is 12.4 Å². The third-order valence-corrected chi connectivity index (χ3v) is 6.41. The van der Waals surface area contributed by atoms with Gasteiger partial charge in [0.15, 0.2) is 27.5 Å². The molecule has 182 valence electrons. The summed E-state index contributed by atoms with van der Waals surface area (Å²) >= 11 is 1.21. The molecule has 3 N–H and O–H groups in total. The Morgan fingerprint density at radius 1 is 1.14 bits per heavy atom. The molecule has 4 aromatic rings. The number of methoxy groups -OCH3 is 1. The van der Waals surface area contributed by atoms with Crippen LogP contribution in [0.5, 0.6) is 17.2 Å². The van der Waals surface area contributed by atoms with Gasteiger partial charge in [-0.25, -0.2) is 19.2 Å². The molecular weight excluding hydrogens is 499 g/mol. The highest BCUT2D eigenvalue weighted by Gasteiger charge is 2.20. The molecule has 0 saturated carbocycles. The van der Waals surface area contributed by atoms with Gasteiger partial charge >= 0.3 is 6.03 Å². The number of aryl methyl sites for hydroxylation is 1. The summed E-state index contributed by atoms with van der Waals surface area (Å²) in [5, 5.41) is 6.95. The Hall–Kier alpha value is -4.17. The van der Waals surface area contributed by atoms with Crippen LogP contribution in [0.1, 0.15) is 0 Å². The van der Waals surface area contributed by atoms with E-state index < -0.39 is 21.9 Å². The number of amides is 2. The maximum Gasteiger partial charge on any atom is 0.325 e. The number of carbonyl (C=O) groups is 1. The number of ether oxygens (including phenoxy) is 2. The quantitative estimate of drug-likeness (QED) is 0.317. The van der Waals surface area contributed by atoms with Crippen molar-refractivity contribution in [2.45, 2.75) is 5.03 Å². The molecule has 2 aromatic heterocycles. The molecule has 2 heterocycles. The zero-order valence-corrected chi connectivity index (χ0v) is 20.0. The van der Waals surface area contributed by atoms with E-state index in [2.05, 4.69) is 25.3 Å². The summed E-state index contributed by atoms with van der Waals surface area (Å²) in [4.78, 5) is 20.4. The highest BCUT2D eigenvalue weighted by molar-refractivity contribution is 7.92. The van der Waals surface area contributed by atoms with E-state index in [0.717, 1.165) is 0 Å². The van der Waals surface area contributed by atoms with Gasteiger partial charge in [0.05, 0.1) is 24.8 Å². The molecule has 0 aliphatic carbocycles. The number of urea groups is 1. The summed E-state index contributed by atoms with van der Waals surface area (Å²) in [6.07, 6.45) is 4.21. The normalized spacial score (nSPS) is 11.1. The van der Waals surface area contributed by atoms with E-state index in [4.69, 9.17) is 9.47 Å². The van der Waals surface area contributed by atoms with Gasteiger partial charge in [0, 0.05) is 24.8 Å². The van der Waals surface area contributed by atoms with Crippen LogP contribution in [-0.4, -0.2) is 36.1 Å². The number of nitrogens with zero attached hydrogens (tertiary/aromatic N) is 3. The van der Waals surface area contributed by atoms with E-state index in [0.29, 0.717) is 5.13 Å². The molecule has 0 spiro atoms. The molecule has 35 heavy (non-hydrogen) atoms. The first-order valence-corrected chi connectivity index (χ1v) is 12.2. The number of nitrogens with one attached hydrogen (secondary N) is 3. The van der Waals surface area contributed by atoms with Crippen molar-refractivity contribution in [1.82, 2.24) is 14.5 Å². The van der Waals surface area contributed by atoms with Crippen LogP contribution in [0.4, 0.5) is 25.7 Å². The Balaban J connectivity index is 1.66. The van der Waals surface area contributed by atoms with E-state index in [1.807, 2.05) is 0 Å². The largest absolute Gasteiger partial charge is 0.493 e. The molecular formula is C21H19FN6O5S2. The number of carbonyl (C=O) groups excluding carboxylic acids is 1. The first-order chi connectivity index (χ1) is 16.7. The second kappa shape index (κ2) is 9.99. The number of aromatic nitrogens is 3. The fourth-order valence-electron chi connectivity index (χ4n) is 2.91. The molecule has 0 bridgehead atoms. The van der Waals surface area contributed by atoms with Crippen molar-refractivity contribution in [3.63, 3.8) is 0 Å². The van der Waals surface area contributed by atoms with E-state index in [1.165, 1.54) is 78.1 Å². The van der Waals surface area contributed by atoms with Crippen molar-refractivity contribution >= 4 is 43.9 Å². The standard InChI is InChI=1S/C21H19FN6O5S2/c1-28-11-18(24-12-28)35(30,31)27-13-6-7-16(33-19-14(22)4-3-5-17(19)32-2)15(10-13)25-20(29)26-21-23-8-9-34-21/h3-12,27H,1-2H3,(H2,23,25,26,29). The molecule has 11 nitrogen and oxygen atoms in total. The van der Waals surface area contributed by atoms with Crippen LogP contribution in [0.25, 0.3) is 0 Å². The van der Waals surface area contributed by atoms with Gasteiger partial charge in [-0.05, 0) is 30.3 Å². The van der Waals surface area contributed by atoms with E-state index in [-0.39, 0.29) is 33.6 Å². The van der Waals surface area contributed by atoms with Crippen LogP contribution in [0.15, 0.2) is 65.5 Å². The monoisotopic (exact) mass is 518 g/mol. The van der Waals surface area contributed by atoms with Crippen LogP contribution in [0.2, 0.25) is 0 Å². The molecule has 0 saturated heterocycles. The predicted octanol–water partition coefficient (Wildman–Crippen LogP) is 4.26. The molecule has 0 unspecified atom stereocenters. The summed E-state index contributed by atoms with van der Waals surface area (Å²) in [7, 11) is -1.01. The summed E-state index contributed by atoms with van der Waals surface area (Å²) < 4.78 is 54.6. The molecule has 4 rings (SSSR count). The Labute approximate surface area is 203 Å². The maximum absolute atomic E-state index is 14.4. The van der Waals surface area contributed by atoms with Gasteiger partial charge in [-0.1, -0.05) is 6.07 Å². The first-order valence-electron chi connectivity index (χ1n) is 9.88. The van der Waals surface area contributed by atoms with Crippen LogP contribution < -0.4 is 24.8 Å². The van der Waals surface area contributed by atoms with Gasteiger partial charge in [-0.15, -0.1) is 11.3 Å². The minimum atomic E-state index is -4.01. The topological polar surface area (TPSA) is 136 Å². The van der Waals surface area contributed by atoms with Gasteiger partial charge in [0.1, 0.15) is 0 Å². The first kappa shape index (κ1) is 24.0. The molecule has 0 atom stereocenters. The number of para-hydroxylation sites is 1. The molecule has 0 aliphatic rings. The van der Waals surface area contributed by atoms with Crippen LogP contribution in [-0.2, 0) is 17.1 Å². The summed E-state index contributed by atoms with van der Waals surface area (Å²) in [6.45, 7) is 0. The van der Waals surface area contributed by atoms with Crippen molar-refractivity contribution < 1.29 is 27.1 Å². The number of halogens is 1. The molecule has 0 fully saturated rings. The van der Waals surface area contributed by atoms with Crippen molar-refractivity contribution in [1.29, 1.82) is 0 Å². The SMILES string of the molecule is COc1cccc(F)c1Oc1ccc(NS(=O)(=O)c2cn(C)cn2)cc1NC(=O)Nc1nccs1. The van der Waals surface area contributed by atoms with Crippen LogP contribution in [0.3, 0.4) is 0 Å². The van der Waals surface area contributed by atoms with Gasteiger partial charge in [0.25, 0.3) is 10.0 Å². The number of rotatable bonds is 8. The predicted molar refractivity (Wildman–Crippen MR) is 128 cm³/mol. The van der Waals surface area contributed by atoms with Crippen molar-refractivity contribution in [3.05, 3.63) is 66.3 Å². The number of sulfonamides is 1. The zero-order valence-electron chi connectivity index (χ0n) is 18.4. The van der Waals surface area contributed by atoms with Gasteiger partial charge in [-0.2, -0.15) is 8.42 Å². The third kappa shape index (κ3) is 5.67. The van der Waals surface area contributed by atoms with E-state index >= 15 is 0 Å². The number of hydrogen-bond donors (Lipinski definition) is 3. The van der Waals surface area contributed by atoms with Gasteiger partial charge in [0.2, 0.25) is 5.75 Å². The lowest BCUT2D eigenvalue weighted by Crippen LogP contribution is -2.20. The second-order valence-electron chi connectivity index (χ2n) is 6.98. The summed E-state index contributed by atoms with van der Waals surface area (Å²) in [6, 6.07) is 7.58. The van der Waals surface area contributed by atoms with E-state index in [9.17, 15) is 17.6 Å². The lowest BCUT2D eigenvalue weighted by Gasteiger charge is -2.16. The average molecular weight is 519 g/mol. The fraction of sp³-hybridized carbons (Fsp3) is 0.0952. The Morgan fingerprint density at radius 3 is 2.66 bits per heavy atom. The van der Waals surface area contributed by atoms with Crippen molar-refractivity contribution in [2.24, 2.45) is 7.05 Å². The van der Waals surface area contributed by atoms with Gasteiger partial charge < -0.3 is 19.4 Å². The average Bonchev–Trinajstić information content (AvgIpc) is 3.48. The third-order valence-electron chi connectivity index (χ3n) is 4.45. The van der Waals surface area contributed by atoms with Crippen molar-refractivity contribution in [3.8, 4) is 17.2 Å². The fourth-order valence-corrected chi connectivity index (χ4v) is 4.47. The van der Waals surface area contributed by atoms with Crippen LogP contribution >= 0.6 is 11.3 Å². The smallest absolute Gasteiger partial charge is 0.325 e. The number of thiazole rings is 1. The molecule has 0 aliphatic heterocycles.